The topological polar surface area (TPSA) is 80.9 Å². The summed E-state index contributed by atoms with van der Waals surface area (Å²) in [5.74, 6) is 2.72. The second-order valence-corrected chi connectivity index (χ2v) is 6.21. The molecule has 0 aliphatic carbocycles. The van der Waals surface area contributed by atoms with Crippen LogP contribution in [0.1, 0.15) is 18.2 Å². The molecule has 0 aliphatic heterocycles. The molecule has 0 bridgehead atoms. The molecule has 0 saturated heterocycles. The molecule has 1 aromatic heterocycles. The maximum Gasteiger partial charge on any atom is 0.226 e. The van der Waals surface area contributed by atoms with Gasteiger partial charge in [0, 0.05) is 19.2 Å². The molecular weight excluding hydrogens is 368 g/mol. The molecule has 1 heterocycles. The van der Waals surface area contributed by atoms with Gasteiger partial charge in [-0.2, -0.15) is 0 Å². The summed E-state index contributed by atoms with van der Waals surface area (Å²) in [7, 11) is 3.36. The summed E-state index contributed by atoms with van der Waals surface area (Å²) in [6.45, 7) is 3.63. The molecule has 0 unspecified atom stereocenters. The van der Waals surface area contributed by atoms with Crippen molar-refractivity contribution in [2.24, 2.45) is 4.99 Å². The van der Waals surface area contributed by atoms with Crippen LogP contribution in [0, 0.1) is 0 Å². The highest BCUT2D eigenvalue weighted by Gasteiger charge is 2.08. The summed E-state index contributed by atoms with van der Waals surface area (Å²) >= 11 is 0. The van der Waals surface area contributed by atoms with Gasteiger partial charge in [0.15, 0.2) is 17.5 Å². The van der Waals surface area contributed by atoms with Gasteiger partial charge >= 0.3 is 0 Å². The fourth-order valence-electron chi connectivity index (χ4n) is 2.78. The van der Waals surface area contributed by atoms with E-state index in [9.17, 15) is 0 Å². The van der Waals surface area contributed by atoms with Gasteiger partial charge in [-0.1, -0.05) is 24.3 Å². The first kappa shape index (κ1) is 20.3. The third kappa shape index (κ3) is 5.51. The number of hydrogen-bond donors (Lipinski definition) is 2. The lowest BCUT2D eigenvalue weighted by Crippen LogP contribution is -2.36. The first-order chi connectivity index (χ1) is 14.2. The zero-order valence-electron chi connectivity index (χ0n) is 16.9. The second-order valence-electron chi connectivity index (χ2n) is 6.21. The van der Waals surface area contributed by atoms with Crippen LogP contribution in [0.15, 0.2) is 64.2 Å². The molecule has 0 saturated carbocycles. The quantitative estimate of drug-likeness (QED) is 0.449. The average molecular weight is 394 g/mol. The number of guanidine groups is 1. The van der Waals surface area contributed by atoms with Crippen LogP contribution in [0.5, 0.6) is 11.5 Å². The summed E-state index contributed by atoms with van der Waals surface area (Å²) in [6, 6.07) is 15.7. The van der Waals surface area contributed by atoms with Crippen LogP contribution in [0.4, 0.5) is 0 Å². The van der Waals surface area contributed by atoms with Gasteiger partial charge in [-0.3, -0.25) is 4.99 Å². The molecule has 29 heavy (non-hydrogen) atoms. The summed E-state index contributed by atoms with van der Waals surface area (Å²) in [5, 5.41) is 6.53. The van der Waals surface area contributed by atoms with E-state index in [0.717, 1.165) is 28.3 Å². The summed E-state index contributed by atoms with van der Waals surface area (Å²) in [4.78, 5) is 8.77. The van der Waals surface area contributed by atoms with Crippen molar-refractivity contribution >= 4 is 5.96 Å². The molecule has 3 rings (SSSR count). The van der Waals surface area contributed by atoms with Crippen molar-refractivity contribution in [1.82, 2.24) is 15.6 Å². The van der Waals surface area contributed by atoms with Gasteiger partial charge in [-0.25, -0.2) is 4.98 Å². The smallest absolute Gasteiger partial charge is 0.226 e. The lowest BCUT2D eigenvalue weighted by molar-refractivity contribution is 0.310. The minimum absolute atomic E-state index is 0.503. The zero-order chi connectivity index (χ0) is 20.5. The number of rotatable bonds is 8. The van der Waals surface area contributed by atoms with Crippen LogP contribution in [0.2, 0.25) is 0 Å². The number of ether oxygens (including phenoxy) is 2. The van der Waals surface area contributed by atoms with E-state index in [0.29, 0.717) is 31.5 Å². The number of hydrogen-bond acceptors (Lipinski definition) is 5. The molecule has 0 fully saturated rings. The lowest BCUT2D eigenvalue weighted by Gasteiger charge is -2.13. The number of benzene rings is 2. The van der Waals surface area contributed by atoms with Crippen molar-refractivity contribution < 1.29 is 13.9 Å². The summed E-state index contributed by atoms with van der Waals surface area (Å²) in [5.41, 5.74) is 2.81. The predicted octanol–water partition coefficient (Wildman–Crippen LogP) is 3.61. The Morgan fingerprint density at radius 2 is 1.86 bits per heavy atom. The Kier molecular flexibility index (Phi) is 7.10. The van der Waals surface area contributed by atoms with Gasteiger partial charge in [0.05, 0.1) is 26.0 Å². The molecule has 0 atom stereocenters. The highest BCUT2D eigenvalue weighted by Crippen LogP contribution is 2.28. The second kappa shape index (κ2) is 10.2. The lowest BCUT2D eigenvalue weighted by atomic mass is 10.2. The number of nitrogens with one attached hydrogen (secondary N) is 2. The first-order valence-corrected chi connectivity index (χ1v) is 9.47. The molecular formula is C22H26N4O3. The minimum atomic E-state index is 0.503. The van der Waals surface area contributed by atoms with E-state index < -0.39 is 0 Å². The van der Waals surface area contributed by atoms with Gasteiger partial charge in [0.2, 0.25) is 5.89 Å². The van der Waals surface area contributed by atoms with Crippen LogP contribution in [0.3, 0.4) is 0 Å². The molecule has 152 valence electrons. The Labute approximate surface area is 170 Å². The van der Waals surface area contributed by atoms with Gasteiger partial charge in [0.1, 0.15) is 6.26 Å². The predicted molar refractivity (Wildman–Crippen MR) is 113 cm³/mol. The van der Waals surface area contributed by atoms with Gasteiger partial charge in [-0.05, 0) is 36.8 Å². The van der Waals surface area contributed by atoms with Crippen molar-refractivity contribution in [3.8, 4) is 23.0 Å². The fraction of sp³-hybridized carbons (Fsp3) is 0.273. The van der Waals surface area contributed by atoms with E-state index in [1.54, 1.807) is 20.4 Å². The molecule has 0 aliphatic rings. The van der Waals surface area contributed by atoms with Crippen LogP contribution in [-0.4, -0.2) is 31.7 Å². The van der Waals surface area contributed by atoms with E-state index in [4.69, 9.17) is 13.9 Å². The van der Waals surface area contributed by atoms with Crippen molar-refractivity contribution in [1.29, 1.82) is 0 Å². The monoisotopic (exact) mass is 394 g/mol. The maximum atomic E-state index is 5.63. The van der Waals surface area contributed by atoms with Crippen LogP contribution >= 0.6 is 0 Å². The van der Waals surface area contributed by atoms with Crippen molar-refractivity contribution in [3.05, 3.63) is 66.1 Å². The molecule has 3 aromatic rings. The number of nitrogens with zero attached hydrogens (tertiary/aromatic N) is 2. The Balaban J connectivity index is 1.55. The summed E-state index contributed by atoms with van der Waals surface area (Å²) < 4.78 is 16.5. The molecule has 7 heteroatoms. The van der Waals surface area contributed by atoms with E-state index >= 15 is 0 Å². The Morgan fingerprint density at radius 3 is 2.59 bits per heavy atom. The van der Waals surface area contributed by atoms with Gasteiger partial charge in [-0.15, -0.1) is 0 Å². The Bertz CT molecular complexity index is 938. The largest absolute Gasteiger partial charge is 0.493 e. The van der Waals surface area contributed by atoms with Crippen molar-refractivity contribution in [2.45, 2.75) is 20.0 Å². The Hall–Kier alpha value is -3.48. The normalized spacial score (nSPS) is 11.2. The average Bonchev–Trinajstić information content (AvgIpc) is 3.24. The highest BCUT2D eigenvalue weighted by molar-refractivity contribution is 5.79. The first-order valence-electron chi connectivity index (χ1n) is 9.47. The summed E-state index contributed by atoms with van der Waals surface area (Å²) in [6.07, 6.45) is 1.65. The van der Waals surface area contributed by atoms with Crippen LogP contribution < -0.4 is 20.1 Å². The van der Waals surface area contributed by atoms with E-state index in [2.05, 4.69) is 20.6 Å². The van der Waals surface area contributed by atoms with Crippen LogP contribution in [-0.2, 0) is 13.1 Å². The number of aliphatic imine (C=N–C) groups is 1. The number of aromatic nitrogens is 1. The van der Waals surface area contributed by atoms with Crippen molar-refractivity contribution in [3.63, 3.8) is 0 Å². The standard InChI is InChI=1S/C22H26N4O3/c1-4-28-20-12-16(10-11-19(20)27-3)13-24-22(23-2)25-14-18-15-29-21(26-18)17-8-6-5-7-9-17/h5-12,15H,4,13-14H2,1-3H3,(H2,23,24,25). The molecule has 2 N–H and O–H groups in total. The maximum absolute atomic E-state index is 5.63. The molecule has 0 spiro atoms. The van der Waals surface area contributed by atoms with Crippen molar-refractivity contribution in [2.75, 3.05) is 20.8 Å². The van der Waals surface area contributed by atoms with E-state index in [1.807, 2.05) is 55.5 Å². The SMILES string of the molecule is CCOc1cc(CNC(=NC)NCc2coc(-c3ccccc3)n2)ccc1OC. The highest BCUT2D eigenvalue weighted by atomic mass is 16.5. The number of methoxy groups -OCH3 is 1. The van der Waals surface area contributed by atoms with Crippen LogP contribution in [0.25, 0.3) is 11.5 Å². The van der Waals surface area contributed by atoms with E-state index in [-0.39, 0.29) is 0 Å². The third-order valence-corrected chi connectivity index (χ3v) is 4.22. The third-order valence-electron chi connectivity index (χ3n) is 4.22. The molecule has 2 aromatic carbocycles. The van der Waals surface area contributed by atoms with Gasteiger partial charge in [0.25, 0.3) is 0 Å². The van der Waals surface area contributed by atoms with E-state index in [1.165, 1.54) is 0 Å². The van der Waals surface area contributed by atoms with Gasteiger partial charge < -0.3 is 24.5 Å². The molecule has 7 nitrogen and oxygen atoms in total. The zero-order valence-corrected chi connectivity index (χ0v) is 16.9. The molecule has 0 amide bonds. The number of oxazole rings is 1. The molecule has 0 radical (unpaired) electrons. The Morgan fingerprint density at radius 1 is 1.07 bits per heavy atom. The fourth-order valence-corrected chi connectivity index (χ4v) is 2.78. The minimum Gasteiger partial charge on any atom is -0.493 e.